The molecule has 11 nitrogen and oxygen atoms in total. The van der Waals surface area contributed by atoms with Crippen molar-refractivity contribution in [1.82, 2.24) is 4.98 Å². The first-order valence-corrected chi connectivity index (χ1v) is 8.70. The summed E-state index contributed by atoms with van der Waals surface area (Å²) in [7, 11) is 2.32. The van der Waals surface area contributed by atoms with Crippen LogP contribution < -0.4 is 0 Å². The number of nitrogens with zero attached hydrogens (tertiary/aromatic N) is 2. The number of H-pyrrole nitrogens is 1. The van der Waals surface area contributed by atoms with Crippen LogP contribution in [0.3, 0.4) is 0 Å². The van der Waals surface area contributed by atoms with Gasteiger partial charge in [-0.15, -0.1) is 0 Å². The molecule has 3 aromatic rings. The fourth-order valence-corrected chi connectivity index (χ4v) is 3.09. The Bertz CT molecular complexity index is 1090. The van der Waals surface area contributed by atoms with Crippen LogP contribution in [0.2, 0.25) is 0 Å². The van der Waals surface area contributed by atoms with Gasteiger partial charge in [0.2, 0.25) is 0 Å². The number of nitrogens with one attached hydrogen (secondary N) is 1. The van der Waals surface area contributed by atoms with Gasteiger partial charge in [-0.25, -0.2) is 9.59 Å². The van der Waals surface area contributed by atoms with Gasteiger partial charge >= 0.3 is 11.9 Å². The van der Waals surface area contributed by atoms with E-state index < -0.39 is 21.8 Å². The van der Waals surface area contributed by atoms with E-state index in [2.05, 4.69) is 4.98 Å². The Hall–Kier alpha value is -4.54. The lowest BCUT2D eigenvalue weighted by molar-refractivity contribution is -0.385. The summed E-state index contributed by atoms with van der Waals surface area (Å²) in [5.74, 6) is -1.57. The minimum atomic E-state index is -0.785. The third-order valence-electron chi connectivity index (χ3n) is 4.51. The van der Waals surface area contributed by atoms with E-state index in [1.165, 1.54) is 48.5 Å². The number of ether oxygens (including phenoxy) is 2. The van der Waals surface area contributed by atoms with Crippen LogP contribution in [0.5, 0.6) is 0 Å². The highest BCUT2D eigenvalue weighted by molar-refractivity contribution is 6.08. The quantitative estimate of drug-likeness (QED) is 0.356. The molecule has 1 N–H and O–H groups in total. The molecule has 0 radical (unpaired) electrons. The molecule has 0 saturated heterocycles. The molecular formula is C20H15N3O8. The molecule has 0 spiro atoms. The zero-order valence-corrected chi connectivity index (χ0v) is 16.3. The van der Waals surface area contributed by atoms with Crippen molar-refractivity contribution in [3.05, 3.63) is 80.1 Å². The molecule has 0 aliphatic carbocycles. The summed E-state index contributed by atoms with van der Waals surface area (Å²) >= 11 is 0. The second kappa shape index (κ2) is 8.45. The average Bonchev–Trinajstić information content (AvgIpc) is 3.18. The number of non-ortho nitro benzene ring substituents is 2. The van der Waals surface area contributed by atoms with Crippen molar-refractivity contribution in [1.29, 1.82) is 0 Å². The highest BCUT2D eigenvalue weighted by Gasteiger charge is 2.29. The number of hydrogen-bond donors (Lipinski definition) is 1. The molecule has 0 bridgehead atoms. The molecule has 1 aromatic heterocycles. The second-order valence-corrected chi connectivity index (χ2v) is 6.22. The third kappa shape index (κ3) is 3.96. The van der Waals surface area contributed by atoms with Crippen LogP contribution >= 0.6 is 0 Å². The molecule has 1 heterocycles. The predicted octanol–water partition coefficient (Wildman–Crippen LogP) is 3.74. The minimum Gasteiger partial charge on any atom is -0.464 e. The van der Waals surface area contributed by atoms with E-state index in [-0.39, 0.29) is 33.9 Å². The Kier molecular flexibility index (Phi) is 5.77. The number of rotatable bonds is 6. The van der Waals surface area contributed by atoms with Gasteiger partial charge < -0.3 is 14.5 Å². The zero-order valence-electron chi connectivity index (χ0n) is 16.3. The molecule has 0 amide bonds. The number of aromatic nitrogens is 1. The molecule has 0 aliphatic heterocycles. The first-order chi connectivity index (χ1) is 14.8. The highest BCUT2D eigenvalue weighted by atomic mass is 16.6. The van der Waals surface area contributed by atoms with Gasteiger partial charge in [0.05, 0.1) is 24.1 Å². The molecule has 0 fully saturated rings. The van der Waals surface area contributed by atoms with Crippen LogP contribution in [0.1, 0.15) is 21.0 Å². The molecule has 31 heavy (non-hydrogen) atoms. The number of nitro groups is 2. The molecule has 0 saturated carbocycles. The lowest BCUT2D eigenvalue weighted by Crippen LogP contribution is -2.06. The zero-order chi connectivity index (χ0) is 22.7. The molecular weight excluding hydrogens is 410 g/mol. The van der Waals surface area contributed by atoms with Gasteiger partial charge in [0, 0.05) is 35.4 Å². The van der Waals surface area contributed by atoms with Crippen molar-refractivity contribution < 1.29 is 28.9 Å². The molecule has 11 heteroatoms. The lowest BCUT2D eigenvalue weighted by atomic mass is 9.94. The number of aromatic amines is 1. The van der Waals surface area contributed by atoms with E-state index in [1.807, 2.05) is 0 Å². The van der Waals surface area contributed by atoms with E-state index >= 15 is 0 Å². The maximum Gasteiger partial charge on any atom is 0.355 e. The van der Waals surface area contributed by atoms with Crippen molar-refractivity contribution in [2.75, 3.05) is 14.2 Å². The summed E-state index contributed by atoms with van der Waals surface area (Å²) in [4.78, 5) is 48.4. The maximum absolute atomic E-state index is 12.4. The topological polar surface area (TPSA) is 155 Å². The fraction of sp³-hybridized carbons (Fsp3) is 0.100. The van der Waals surface area contributed by atoms with E-state index in [1.54, 1.807) is 0 Å². The standard InChI is InChI=1S/C20H15N3O8/c1-30-19(24)17-15(11-3-7-13(8-4-11)22(26)27)16(18(21-17)20(25)31-2)12-5-9-14(10-6-12)23(28)29/h3-10,21H,1-2H3. The summed E-state index contributed by atoms with van der Waals surface area (Å²) in [6.45, 7) is 0. The number of esters is 2. The number of methoxy groups -OCH3 is 2. The lowest BCUT2D eigenvalue weighted by Gasteiger charge is -2.09. The third-order valence-corrected chi connectivity index (χ3v) is 4.51. The Morgan fingerprint density at radius 1 is 0.710 bits per heavy atom. The normalized spacial score (nSPS) is 10.4. The van der Waals surface area contributed by atoms with E-state index in [0.717, 1.165) is 14.2 Å². The number of nitro benzene ring substituents is 2. The molecule has 0 atom stereocenters. The molecule has 0 aliphatic rings. The first-order valence-electron chi connectivity index (χ1n) is 8.70. The molecule has 158 valence electrons. The SMILES string of the molecule is COC(=O)c1[nH]c(C(=O)OC)c(-c2ccc([N+](=O)[O-])cc2)c1-c1ccc([N+](=O)[O-])cc1. The van der Waals surface area contributed by atoms with E-state index in [4.69, 9.17) is 9.47 Å². The first kappa shape index (κ1) is 21.2. The van der Waals surface area contributed by atoms with Crippen LogP contribution in [0.25, 0.3) is 22.3 Å². The number of carbonyl (C=O) groups is 2. The summed E-state index contributed by atoms with van der Waals surface area (Å²) in [6, 6.07) is 10.7. The van der Waals surface area contributed by atoms with Crippen molar-refractivity contribution in [2.24, 2.45) is 0 Å². The summed E-state index contributed by atoms with van der Waals surface area (Å²) < 4.78 is 9.62. The Labute approximate surface area is 174 Å². The number of carbonyl (C=O) groups excluding carboxylic acids is 2. The Morgan fingerprint density at radius 2 is 1.03 bits per heavy atom. The van der Waals surface area contributed by atoms with Gasteiger partial charge in [0.25, 0.3) is 11.4 Å². The molecule has 0 unspecified atom stereocenters. The van der Waals surface area contributed by atoms with Crippen LogP contribution in [0.15, 0.2) is 48.5 Å². The van der Waals surface area contributed by atoms with Crippen LogP contribution in [0.4, 0.5) is 11.4 Å². The van der Waals surface area contributed by atoms with Crippen molar-refractivity contribution in [3.8, 4) is 22.3 Å². The second-order valence-electron chi connectivity index (χ2n) is 6.22. The van der Waals surface area contributed by atoms with Crippen LogP contribution in [-0.2, 0) is 9.47 Å². The highest BCUT2D eigenvalue weighted by Crippen LogP contribution is 2.39. The van der Waals surface area contributed by atoms with Crippen molar-refractivity contribution in [2.45, 2.75) is 0 Å². The fourth-order valence-electron chi connectivity index (χ4n) is 3.09. The number of benzene rings is 2. The van der Waals surface area contributed by atoms with Gasteiger partial charge in [-0.2, -0.15) is 0 Å². The summed E-state index contributed by atoms with van der Waals surface area (Å²) in [6.07, 6.45) is 0. The maximum atomic E-state index is 12.4. The number of hydrogen-bond acceptors (Lipinski definition) is 8. The van der Waals surface area contributed by atoms with Gasteiger partial charge in [-0.05, 0) is 35.4 Å². The predicted molar refractivity (Wildman–Crippen MR) is 108 cm³/mol. The Morgan fingerprint density at radius 3 is 1.29 bits per heavy atom. The van der Waals surface area contributed by atoms with Crippen LogP contribution in [-0.4, -0.2) is 41.0 Å². The summed E-state index contributed by atoms with van der Waals surface area (Å²) in [5, 5.41) is 22.0. The van der Waals surface area contributed by atoms with Crippen LogP contribution in [0, 0.1) is 20.2 Å². The van der Waals surface area contributed by atoms with Gasteiger partial charge in [0.15, 0.2) is 0 Å². The van der Waals surface area contributed by atoms with Gasteiger partial charge in [0.1, 0.15) is 11.4 Å². The monoisotopic (exact) mass is 425 g/mol. The van der Waals surface area contributed by atoms with Crippen molar-refractivity contribution >= 4 is 23.3 Å². The van der Waals surface area contributed by atoms with Gasteiger partial charge in [-0.1, -0.05) is 0 Å². The van der Waals surface area contributed by atoms with Gasteiger partial charge in [-0.3, -0.25) is 20.2 Å². The Balaban J connectivity index is 2.33. The molecule has 2 aromatic carbocycles. The largest absolute Gasteiger partial charge is 0.464 e. The minimum absolute atomic E-state index is 0.0786. The summed E-state index contributed by atoms with van der Waals surface area (Å²) in [5.41, 5.74) is 0.742. The van der Waals surface area contributed by atoms with Crippen molar-refractivity contribution in [3.63, 3.8) is 0 Å². The smallest absolute Gasteiger partial charge is 0.355 e. The average molecular weight is 425 g/mol. The van der Waals surface area contributed by atoms with E-state index in [0.29, 0.717) is 11.1 Å². The molecule has 3 rings (SSSR count). The van der Waals surface area contributed by atoms with E-state index in [9.17, 15) is 29.8 Å².